The molecule has 0 atom stereocenters. The lowest BCUT2D eigenvalue weighted by Crippen LogP contribution is -2.13. The maximum atomic E-state index is 12.9. The maximum Gasteiger partial charge on any atom is 0.419 e. The van der Waals surface area contributed by atoms with E-state index in [1.54, 1.807) is 13.8 Å². The van der Waals surface area contributed by atoms with E-state index < -0.39 is 29.3 Å². The summed E-state index contributed by atoms with van der Waals surface area (Å²) in [5, 5.41) is 0. The zero-order chi connectivity index (χ0) is 12.5. The molecular weight excluding hydrogens is 224 g/mol. The van der Waals surface area contributed by atoms with Gasteiger partial charge in [0.1, 0.15) is 5.82 Å². The van der Waals surface area contributed by atoms with Gasteiger partial charge in [0.25, 0.3) is 0 Å². The van der Waals surface area contributed by atoms with Crippen molar-refractivity contribution in [3.8, 4) is 0 Å². The van der Waals surface area contributed by atoms with E-state index in [9.17, 15) is 22.4 Å². The number of carbonyl (C=O) groups excluding carboxylic acids is 1. The van der Waals surface area contributed by atoms with E-state index in [2.05, 4.69) is 0 Å². The monoisotopic (exact) mass is 234 g/mol. The Hall–Kier alpha value is -1.39. The van der Waals surface area contributed by atoms with Crippen LogP contribution >= 0.6 is 0 Å². The molecule has 0 unspecified atom stereocenters. The fraction of sp³-hybridized carbons (Fsp3) is 0.364. The summed E-state index contributed by atoms with van der Waals surface area (Å²) < 4.78 is 49.9. The first-order chi connectivity index (χ1) is 7.23. The van der Waals surface area contributed by atoms with Crippen LogP contribution in [0.25, 0.3) is 0 Å². The molecule has 88 valence electrons. The van der Waals surface area contributed by atoms with Crippen molar-refractivity contribution in [3.05, 3.63) is 35.1 Å². The Morgan fingerprint density at radius 1 is 1.25 bits per heavy atom. The van der Waals surface area contributed by atoms with Crippen molar-refractivity contribution in [1.82, 2.24) is 0 Å². The van der Waals surface area contributed by atoms with Crippen molar-refractivity contribution in [3.63, 3.8) is 0 Å². The third kappa shape index (κ3) is 2.59. The average Bonchev–Trinajstić information content (AvgIpc) is 2.15. The Morgan fingerprint density at radius 2 is 1.81 bits per heavy atom. The largest absolute Gasteiger partial charge is 0.419 e. The van der Waals surface area contributed by atoms with Gasteiger partial charge in [-0.1, -0.05) is 13.8 Å². The van der Waals surface area contributed by atoms with Crippen molar-refractivity contribution >= 4 is 5.78 Å². The van der Waals surface area contributed by atoms with Crippen LogP contribution in [0, 0.1) is 11.7 Å². The van der Waals surface area contributed by atoms with Crippen molar-refractivity contribution in [2.45, 2.75) is 20.0 Å². The average molecular weight is 234 g/mol. The molecule has 0 spiro atoms. The Kier molecular flexibility index (Phi) is 3.35. The highest BCUT2D eigenvalue weighted by molar-refractivity contribution is 5.97. The minimum atomic E-state index is -4.78. The molecule has 0 amide bonds. The van der Waals surface area contributed by atoms with Gasteiger partial charge >= 0.3 is 6.18 Å². The van der Waals surface area contributed by atoms with Gasteiger partial charge in [0.15, 0.2) is 5.78 Å². The summed E-state index contributed by atoms with van der Waals surface area (Å²) in [6.45, 7) is 3.14. The van der Waals surface area contributed by atoms with E-state index in [0.29, 0.717) is 12.1 Å². The van der Waals surface area contributed by atoms with E-state index >= 15 is 0 Å². The second-order valence-corrected chi connectivity index (χ2v) is 3.71. The van der Waals surface area contributed by atoms with Gasteiger partial charge < -0.3 is 0 Å². The normalized spacial score (nSPS) is 11.9. The van der Waals surface area contributed by atoms with E-state index in [0.717, 1.165) is 6.07 Å². The summed E-state index contributed by atoms with van der Waals surface area (Å²) in [4.78, 5) is 11.4. The molecule has 0 aliphatic carbocycles. The number of rotatable bonds is 2. The van der Waals surface area contributed by atoms with Gasteiger partial charge in [-0.2, -0.15) is 13.2 Å². The van der Waals surface area contributed by atoms with Crippen LogP contribution < -0.4 is 0 Å². The van der Waals surface area contributed by atoms with Crippen LogP contribution in [0.5, 0.6) is 0 Å². The summed E-state index contributed by atoms with van der Waals surface area (Å²) in [6, 6.07) is 2.28. The molecule has 0 fully saturated rings. The van der Waals surface area contributed by atoms with Crippen molar-refractivity contribution < 1.29 is 22.4 Å². The fourth-order valence-corrected chi connectivity index (χ4v) is 1.23. The van der Waals surface area contributed by atoms with Crippen LogP contribution in [0.2, 0.25) is 0 Å². The van der Waals surface area contributed by atoms with Gasteiger partial charge in [-0.15, -0.1) is 0 Å². The first-order valence-corrected chi connectivity index (χ1v) is 4.64. The standard InChI is InChI=1S/C11H10F4O/c1-6(2)10(16)7-3-4-9(12)8(5-7)11(13,14)15/h3-6H,1-2H3. The van der Waals surface area contributed by atoms with Crippen LogP contribution in [-0.2, 0) is 6.18 Å². The van der Waals surface area contributed by atoms with Crippen LogP contribution in [0.3, 0.4) is 0 Å². The maximum absolute atomic E-state index is 12.9. The zero-order valence-corrected chi connectivity index (χ0v) is 8.73. The van der Waals surface area contributed by atoms with Crippen molar-refractivity contribution in [1.29, 1.82) is 0 Å². The fourth-order valence-electron chi connectivity index (χ4n) is 1.23. The molecule has 1 aromatic carbocycles. The number of Topliss-reactive ketones (excluding diaryl/α,β-unsaturated/α-hetero) is 1. The second-order valence-electron chi connectivity index (χ2n) is 3.71. The Bertz CT molecular complexity index is 407. The topological polar surface area (TPSA) is 17.1 Å². The molecule has 0 radical (unpaired) electrons. The number of alkyl halides is 3. The minimum absolute atomic E-state index is 0.122. The number of hydrogen-bond donors (Lipinski definition) is 0. The number of carbonyl (C=O) groups is 1. The van der Waals surface area contributed by atoms with Crippen LogP contribution in [0.4, 0.5) is 17.6 Å². The molecular formula is C11H10F4O. The Labute approximate surface area is 90.1 Å². The summed E-state index contributed by atoms with van der Waals surface area (Å²) >= 11 is 0. The highest BCUT2D eigenvalue weighted by atomic mass is 19.4. The minimum Gasteiger partial charge on any atom is -0.294 e. The van der Waals surface area contributed by atoms with Gasteiger partial charge in [0.05, 0.1) is 5.56 Å². The molecule has 16 heavy (non-hydrogen) atoms. The lowest BCUT2D eigenvalue weighted by atomic mass is 9.99. The molecule has 1 nitrogen and oxygen atoms in total. The summed E-state index contributed by atoms with van der Waals surface area (Å²) in [7, 11) is 0. The molecule has 0 saturated heterocycles. The van der Waals surface area contributed by atoms with Crippen LogP contribution in [0.1, 0.15) is 29.8 Å². The highest BCUT2D eigenvalue weighted by Gasteiger charge is 2.34. The second kappa shape index (κ2) is 4.23. The number of ketones is 1. The SMILES string of the molecule is CC(C)C(=O)c1ccc(F)c(C(F)(F)F)c1. The summed E-state index contributed by atoms with van der Waals surface area (Å²) in [6.07, 6.45) is -4.78. The zero-order valence-electron chi connectivity index (χ0n) is 8.73. The molecule has 1 aromatic rings. The number of halogens is 4. The van der Waals surface area contributed by atoms with Gasteiger partial charge in [-0.3, -0.25) is 4.79 Å². The van der Waals surface area contributed by atoms with E-state index in [1.807, 2.05) is 0 Å². The van der Waals surface area contributed by atoms with E-state index in [1.165, 1.54) is 0 Å². The van der Waals surface area contributed by atoms with Crippen LogP contribution in [0.15, 0.2) is 18.2 Å². The predicted octanol–water partition coefficient (Wildman–Crippen LogP) is 3.68. The van der Waals surface area contributed by atoms with E-state index in [4.69, 9.17) is 0 Å². The lowest BCUT2D eigenvalue weighted by Gasteiger charge is -2.10. The van der Waals surface area contributed by atoms with Gasteiger partial charge in [0, 0.05) is 11.5 Å². The van der Waals surface area contributed by atoms with Gasteiger partial charge in [0.2, 0.25) is 0 Å². The first-order valence-electron chi connectivity index (χ1n) is 4.64. The lowest BCUT2D eigenvalue weighted by molar-refractivity contribution is -0.140. The van der Waals surface area contributed by atoms with Gasteiger partial charge in [-0.25, -0.2) is 4.39 Å². The first kappa shape index (κ1) is 12.7. The van der Waals surface area contributed by atoms with Gasteiger partial charge in [-0.05, 0) is 18.2 Å². The van der Waals surface area contributed by atoms with Crippen molar-refractivity contribution in [2.75, 3.05) is 0 Å². The number of hydrogen-bond acceptors (Lipinski definition) is 1. The van der Waals surface area contributed by atoms with Crippen molar-refractivity contribution in [2.24, 2.45) is 5.92 Å². The molecule has 0 N–H and O–H groups in total. The molecule has 1 rings (SSSR count). The summed E-state index contributed by atoms with van der Waals surface area (Å²) in [5.74, 6) is -2.23. The van der Waals surface area contributed by atoms with E-state index in [-0.39, 0.29) is 5.56 Å². The molecule has 0 aliphatic heterocycles. The molecule has 0 saturated carbocycles. The smallest absolute Gasteiger partial charge is 0.294 e. The third-order valence-electron chi connectivity index (χ3n) is 2.08. The summed E-state index contributed by atoms with van der Waals surface area (Å²) in [5.41, 5.74) is -1.53. The Balaban J connectivity index is 3.23. The highest BCUT2D eigenvalue weighted by Crippen LogP contribution is 2.32. The molecule has 0 bridgehead atoms. The quantitative estimate of drug-likeness (QED) is 0.563. The molecule has 5 heteroatoms. The molecule has 0 aromatic heterocycles. The molecule has 0 aliphatic rings. The molecule has 0 heterocycles. The third-order valence-corrected chi connectivity index (χ3v) is 2.08. The predicted molar refractivity (Wildman–Crippen MR) is 50.6 cm³/mol. The number of benzene rings is 1. The van der Waals surface area contributed by atoms with Crippen LogP contribution in [-0.4, -0.2) is 5.78 Å². The Morgan fingerprint density at radius 3 is 2.25 bits per heavy atom.